The molecule has 0 heterocycles. The van der Waals surface area contributed by atoms with Crippen molar-refractivity contribution < 1.29 is 18.7 Å². The first-order valence-corrected chi connectivity index (χ1v) is 2.02. The summed E-state index contributed by atoms with van der Waals surface area (Å²) in [5.74, 6) is -1.41. The van der Waals surface area contributed by atoms with Crippen LogP contribution in [-0.4, -0.2) is 24.4 Å². The number of carbonyl (C=O) groups is 1. The Labute approximate surface area is 46.1 Å². The van der Waals surface area contributed by atoms with E-state index in [1.165, 1.54) is 6.92 Å². The van der Waals surface area contributed by atoms with E-state index < -0.39 is 12.6 Å². The van der Waals surface area contributed by atoms with Crippen molar-refractivity contribution in [3.05, 3.63) is 0 Å². The first-order valence-electron chi connectivity index (χ1n) is 2.02. The topological polar surface area (TPSA) is 37.3 Å². The van der Waals surface area contributed by atoms with E-state index in [9.17, 15) is 8.78 Å². The van der Waals surface area contributed by atoms with Crippen molar-refractivity contribution in [3.8, 4) is 0 Å². The molecular formula is C4H8F2O2. The molecule has 4 heteroatoms. The van der Waals surface area contributed by atoms with Crippen molar-refractivity contribution >= 4 is 5.97 Å². The van der Waals surface area contributed by atoms with Crippen molar-refractivity contribution in [2.75, 3.05) is 13.3 Å². The molecule has 0 radical (unpaired) electrons. The predicted molar refractivity (Wildman–Crippen MR) is 25.3 cm³/mol. The van der Waals surface area contributed by atoms with Gasteiger partial charge in [-0.3, -0.25) is 4.39 Å². The summed E-state index contributed by atoms with van der Waals surface area (Å²) in [4.78, 5) is 8.99. The number of halogens is 2. The number of hydrogen-bond donors (Lipinski definition) is 1. The third-order valence-corrected chi connectivity index (χ3v) is 0.114. The lowest BCUT2D eigenvalue weighted by Gasteiger charge is -1.69. The van der Waals surface area contributed by atoms with E-state index in [0.717, 1.165) is 0 Å². The fourth-order valence-electron chi connectivity index (χ4n) is 0. The normalized spacial score (nSPS) is 6.88. The highest BCUT2D eigenvalue weighted by Crippen LogP contribution is 1.60. The maximum absolute atomic E-state index is 10.5. The van der Waals surface area contributed by atoms with Gasteiger partial charge in [-0.25, -0.2) is 9.18 Å². The molecule has 0 unspecified atom stereocenters. The zero-order valence-electron chi connectivity index (χ0n) is 4.53. The highest BCUT2D eigenvalue weighted by molar-refractivity contribution is 5.67. The number of aliphatic carboxylic acids is 1. The third-order valence-electron chi connectivity index (χ3n) is 0.114. The van der Waals surface area contributed by atoms with Gasteiger partial charge in [0.1, 0.15) is 0 Å². The van der Waals surface area contributed by atoms with Crippen molar-refractivity contribution in [2.24, 2.45) is 0 Å². The summed E-state index contributed by atoms with van der Waals surface area (Å²) < 4.78 is 20.8. The van der Waals surface area contributed by atoms with Crippen LogP contribution in [0.2, 0.25) is 0 Å². The molecule has 0 aliphatic carbocycles. The first-order chi connectivity index (χ1) is 3.68. The van der Waals surface area contributed by atoms with E-state index in [1.807, 2.05) is 0 Å². The second-order valence-electron chi connectivity index (χ2n) is 0.795. The van der Waals surface area contributed by atoms with Crippen molar-refractivity contribution in [2.45, 2.75) is 6.92 Å². The van der Waals surface area contributed by atoms with Crippen molar-refractivity contribution in [1.82, 2.24) is 0 Å². The summed E-state index contributed by atoms with van der Waals surface area (Å²) in [7, 11) is 0. The Bertz CT molecular complexity index is 56.0. The van der Waals surface area contributed by atoms with Crippen LogP contribution in [0.25, 0.3) is 0 Å². The quantitative estimate of drug-likeness (QED) is 0.569. The Morgan fingerprint density at radius 1 is 1.62 bits per heavy atom. The van der Waals surface area contributed by atoms with Gasteiger partial charge < -0.3 is 5.11 Å². The maximum Gasteiger partial charge on any atom is 0.335 e. The van der Waals surface area contributed by atoms with Crippen molar-refractivity contribution in [3.63, 3.8) is 0 Å². The lowest BCUT2D eigenvalue weighted by atomic mass is 10.8. The molecule has 0 amide bonds. The van der Waals surface area contributed by atoms with Crippen LogP contribution in [0.4, 0.5) is 8.78 Å². The number of hydrogen-bond acceptors (Lipinski definition) is 1. The monoisotopic (exact) mass is 126 g/mol. The van der Waals surface area contributed by atoms with Gasteiger partial charge in [0.15, 0.2) is 6.67 Å². The van der Waals surface area contributed by atoms with Crippen LogP contribution < -0.4 is 0 Å². The van der Waals surface area contributed by atoms with Crippen molar-refractivity contribution in [1.29, 1.82) is 0 Å². The van der Waals surface area contributed by atoms with E-state index in [0.29, 0.717) is 0 Å². The Morgan fingerprint density at radius 3 is 1.75 bits per heavy atom. The van der Waals surface area contributed by atoms with Gasteiger partial charge in [0.2, 0.25) is 0 Å². The number of rotatable bonds is 1. The molecule has 0 rings (SSSR count). The molecule has 0 aromatic rings. The molecule has 0 aliphatic rings. The molecule has 2 nitrogen and oxygen atoms in total. The number of alkyl halides is 2. The van der Waals surface area contributed by atoms with Gasteiger partial charge in [-0.1, -0.05) is 0 Å². The highest BCUT2D eigenvalue weighted by Gasteiger charge is 1.85. The van der Waals surface area contributed by atoms with Crippen LogP contribution in [0.1, 0.15) is 6.92 Å². The number of carboxylic acid groups (broad SMARTS) is 1. The van der Waals surface area contributed by atoms with E-state index >= 15 is 0 Å². The smallest absolute Gasteiger partial charge is 0.335 e. The molecule has 50 valence electrons. The molecule has 8 heavy (non-hydrogen) atoms. The van der Waals surface area contributed by atoms with Gasteiger partial charge in [-0.15, -0.1) is 0 Å². The van der Waals surface area contributed by atoms with Gasteiger partial charge in [0, 0.05) is 0 Å². The molecule has 0 aliphatic heterocycles. The average Bonchev–Trinajstić information content (AvgIpc) is 1.69. The van der Waals surface area contributed by atoms with Gasteiger partial charge in [0.25, 0.3) is 0 Å². The molecule has 1 N–H and O–H groups in total. The second kappa shape index (κ2) is 9.59. The molecule has 0 aromatic heterocycles. The first kappa shape index (κ1) is 10.3. The van der Waals surface area contributed by atoms with Crippen LogP contribution >= 0.6 is 0 Å². The molecule has 0 atom stereocenters. The molecule has 0 saturated carbocycles. The molecule has 0 aromatic carbocycles. The Hall–Kier alpha value is -0.670. The Kier molecular flexibility index (Phi) is 12.4. The zero-order chi connectivity index (χ0) is 6.99. The van der Waals surface area contributed by atoms with Gasteiger partial charge >= 0.3 is 5.97 Å². The molecule has 0 bridgehead atoms. The summed E-state index contributed by atoms with van der Waals surface area (Å²) in [5.41, 5.74) is 0. The fraction of sp³-hybridized carbons (Fsp3) is 0.750. The van der Waals surface area contributed by atoms with Crippen LogP contribution in [0.15, 0.2) is 0 Å². The minimum absolute atomic E-state index is 0.250. The number of carboxylic acids is 1. The van der Waals surface area contributed by atoms with E-state index in [4.69, 9.17) is 9.90 Å². The lowest BCUT2D eigenvalue weighted by Crippen LogP contribution is -1.93. The van der Waals surface area contributed by atoms with Gasteiger partial charge in [0.05, 0.1) is 6.67 Å². The zero-order valence-corrected chi connectivity index (χ0v) is 4.53. The summed E-state index contributed by atoms with van der Waals surface area (Å²) in [5, 5.41) is 7.35. The van der Waals surface area contributed by atoms with Crippen LogP contribution in [0.3, 0.4) is 0 Å². The lowest BCUT2D eigenvalue weighted by molar-refractivity contribution is -0.137. The van der Waals surface area contributed by atoms with E-state index in [-0.39, 0.29) is 6.67 Å². The SMILES string of the molecule is CCF.O=C(O)CF. The summed E-state index contributed by atoms with van der Waals surface area (Å²) >= 11 is 0. The Balaban J connectivity index is 0. The fourth-order valence-corrected chi connectivity index (χ4v) is 0. The molecule has 0 saturated heterocycles. The standard InChI is InChI=1S/C2H3FO2.C2H5F/c3-1-2(4)5;1-2-3/h1H2,(H,4,5);2H2,1H3. The van der Waals surface area contributed by atoms with Crippen LogP contribution in [0, 0.1) is 0 Å². The molecular weight excluding hydrogens is 118 g/mol. The average molecular weight is 126 g/mol. The third kappa shape index (κ3) is 56.5. The summed E-state index contributed by atoms with van der Waals surface area (Å²) in [6.45, 7) is -0.0694. The summed E-state index contributed by atoms with van der Waals surface area (Å²) in [6, 6.07) is 0. The summed E-state index contributed by atoms with van der Waals surface area (Å²) in [6.07, 6.45) is 0. The van der Waals surface area contributed by atoms with Gasteiger partial charge in [-0.05, 0) is 6.92 Å². The minimum Gasteiger partial charge on any atom is -0.479 e. The second-order valence-corrected chi connectivity index (χ2v) is 0.795. The molecule has 0 spiro atoms. The van der Waals surface area contributed by atoms with E-state index in [1.54, 1.807) is 0 Å². The highest BCUT2D eigenvalue weighted by atomic mass is 19.1. The maximum atomic E-state index is 10.5. The largest absolute Gasteiger partial charge is 0.479 e. The minimum atomic E-state index is -1.41. The van der Waals surface area contributed by atoms with Crippen LogP contribution in [-0.2, 0) is 4.79 Å². The molecule has 0 fully saturated rings. The van der Waals surface area contributed by atoms with Gasteiger partial charge in [-0.2, -0.15) is 0 Å². The Morgan fingerprint density at radius 2 is 1.75 bits per heavy atom. The predicted octanol–water partition coefficient (Wildman–Crippen LogP) is 1.02. The van der Waals surface area contributed by atoms with E-state index in [2.05, 4.69) is 0 Å². The van der Waals surface area contributed by atoms with Crippen LogP contribution in [0.5, 0.6) is 0 Å².